The highest BCUT2D eigenvalue weighted by atomic mass is 35.5. The average Bonchev–Trinajstić information content (AvgIpc) is 2.99. The normalized spacial score (nSPS) is 27.7. The molecule has 14 heteroatoms. The zero-order valence-electron chi connectivity index (χ0n) is 24.5. The van der Waals surface area contributed by atoms with Crippen LogP contribution in [0.3, 0.4) is 0 Å². The molecule has 4 fully saturated rings. The van der Waals surface area contributed by atoms with Crippen LogP contribution in [0, 0.1) is 23.2 Å². The van der Waals surface area contributed by atoms with Gasteiger partial charge in [-0.05, 0) is 103 Å². The fourth-order valence-corrected chi connectivity index (χ4v) is 15.8. The molecular weight excluding hydrogens is 691 g/mol. The van der Waals surface area contributed by atoms with Crippen molar-refractivity contribution in [3.63, 3.8) is 0 Å². The number of benzene rings is 3. The molecule has 0 radical (unpaired) electrons. The Morgan fingerprint density at radius 2 is 1.11 bits per heavy atom. The monoisotopic (exact) mass is 724 g/mol. The predicted octanol–water partition coefficient (Wildman–Crippen LogP) is 10.2. The Hall–Kier alpha value is -2.32. The summed E-state index contributed by atoms with van der Waals surface area (Å²) in [7, 11) is -19.8. The Morgan fingerprint density at radius 1 is 0.739 bits per heavy atom. The molecule has 7 rings (SSSR count). The highest BCUT2D eigenvalue weighted by molar-refractivity contribution is 8.46. The van der Waals surface area contributed by atoms with Gasteiger partial charge in [-0.15, -0.1) is 11.6 Å². The van der Waals surface area contributed by atoms with E-state index in [9.17, 15) is 32.6 Å². The SMILES string of the molecule is O=C(OCC(C(Cl)S(=O)(=O)OS(c1ccccc1)(c1ccccc1)c1ccccc1)S(F)(F)(F)(F)F)C12CC3CC(CC(C3)C1)C2. The number of esters is 1. The minimum absolute atomic E-state index is 0.227. The van der Waals surface area contributed by atoms with Crippen LogP contribution in [0.15, 0.2) is 106 Å². The number of carbonyl (C=O) groups excluding carboxylic acids is 1. The van der Waals surface area contributed by atoms with Crippen LogP contribution in [0.1, 0.15) is 38.5 Å². The minimum atomic E-state index is -10.7. The summed E-state index contributed by atoms with van der Waals surface area (Å²) in [5.41, 5.74) is -1.05. The van der Waals surface area contributed by atoms with Gasteiger partial charge in [-0.25, -0.2) is 3.63 Å². The molecule has 0 aliphatic heterocycles. The van der Waals surface area contributed by atoms with Crippen molar-refractivity contribution in [1.29, 1.82) is 0 Å². The van der Waals surface area contributed by atoms with E-state index < -0.39 is 58.6 Å². The maximum atomic E-state index is 14.7. The standard InChI is InChI=1S/C32H34ClF5O5S3/c33-30(29(46(34,35,36,37)38)22-42-31(39)32-19-23-16-24(20-32)18-25(17-23)21-32)45(40,41)43-44(26-10-4-1-5-11-26,27-12-6-2-7-13-27)28-14-8-3-9-15-28/h1-15,23-25,29-30H,16-22H2. The molecule has 0 spiro atoms. The molecule has 46 heavy (non-hydrogen) atoms. The van der Waals surface area contributed by atoms with E-state index in [4.69, 9.17) is 20.0 Å². The second-order valence-electron chi connectivity index (χ2n) is 12.8. The van der Waals surface area contributed by atoms with Gasteiger partial charge in [-0.1, -0.05) is 74.0 Å². The summed E-state index contributed by atoms with van der Waals surface area (Å²) in [6, 6.07) is 23.8. The fraction of sp³-hybridized carbons (Fsp3) is 0.406. The summed E-state index contributed by atoms with van der Waals surface area (Å²) in [5.74, 6) is -0.321. The first-order chi connectivity index (χ1) is 21.4. The van der Waals surface area contributed by atoms with Crippen LogP contribution < -0.4 is 0 Å². The van der Waals surface area contributed by atoms with Crippen LogP contribution in [0.2, 0.25) is 0 Å². The zero-order chi connectivity index (χ0) is 33.1. The number of hydrogen-bond acceptors (Lipinski definition) is 5. The van der Waals surface area contributed by atoms with Crippen LogP contribution in [-0.2, 0) is 23.3 Å². The Morgan fingerprint density at radius 3 is 1.46 bits per heavy atom. The number of ether oxygens (including phenoxy) is 1. The molecule has 0 aromatic heterocycles. The number of halogens is 6. The lowest BCUT2D eigenvalue weighted by atomic mass is 9.49. The third-order valence-electron chi connectivity index (χ3n) is 9.41. The van der Waals surface area contributed by atoms with Crippen LogP contribution in [0.5, 0.6) is 0 Å². The lowest BCUT2D eigenvalue weighted by Crippen LogP contribution is -2.51. The summed E-state index contributed by atoms with van der Waals surface area (Å²) in [6.07, 6.45) is 4.03. The zero-order valence-corrected chi connectivity index (χ0v) is 27.7. The van der Waals surface area contributed by atoms with Crippen molar-refractivity contribution in [2.24, 2.45) is 23.2 Å². The molecule has 5 nitrogen and oxygen atoms in total. The average molecular weight is 725 g/mol. The van der Waals surface area contributed by atoms with Gasteiger partial charge in [-0.2, -0.15) is 8.42 Å². The van der Waals surface area contributed by atoms with Gasteiger partial charge in [0.05, 0.1) is 5.41 Å². The first-order valence-corrected chi connectivity index (χ1v) is 20.4. The van der Waals surface area contributed by atoms with Crippen LogP contribution in [0.25, 0.3) is 0 Å². The Kier molecular flexibility index (Phi) is 8.11. The van der Waals surface area contributed by atoms with E-state index in [1.165, 1.54) is 0 Å². The van der Waals surface area contributed by atoms with Crippen molar-refractivity contribution >= 4 is 48.2 Å². The molecule has 3 aromatic rings. The van der Waals surface area contributed by atoms with Gasteiger partial charge in [0.2, 0.25) is 0 Å². The van der Waals surface area contributed by atoms with E-state index in [-0.39, 0.29) is 32.4 Å². The van der Waals surface area contributed by atoms with Gasteiger partial charge >= 0.3 is 5.97 Å². The molecule has 0 saturated heterocycles. The molecule has 0 heterocycles. The topological polar surface area (TPSA) is 69.7 Å². The van der Waals surface area contributed by atoms with E-state index >= 15 is 0 Å². The molecule has 4 saturated carbocycles. The van der Waals surface area contributed by atoms with Gasteiger partial charge in [0.1, 0.15) is 6.61 Å². The van der Waals surface area contributed by atoms with Crippen molar-refractivity contribution in [1.82, 2.24) is 0 Å². The van der Waals surface area contributed by atoms with Crippen molar-refractivity contribution in [3.05, 3.63) is 91.0 Å². The summed E-state index contributed by atoms with van der Waals surface area (Å²) in [6.45, 7) is -1.94. The quantitative estimate of drug-likeness (QED) is 0.112. The Balaban J connectivity index is 1.37. The van der Waals surface area contributed by atoms with Crippen LogP contribution >= 0.6 is 32.1 Å². The lowest BCUT2D eigenvalue weighted by molar-refractivity contribution is -0.171. The molecular formula is C32H34ClF5O5S3. The third kappa shape index (κ3) is 6.42. The van der Waals surface area contributed by atoms with E-state index in [0.717, 1.165) is 19.3 Å². The second-order valence-corrected chi connectivity index (χ2v) is 20.7. The Labute approximate surface area is 272 Å². The number of carbonyl (C=O) groups is 1. The largest absolute Gasteiger partial charge is 0.464 e. The van der Waals surface area contributed by atoms with E-state index in [2.05, 4.69) is 0 Å². The highest BCUT2D eigenvalue weighted by Gasteiger charge is 2.74. The lowest BCUT2D eigenvalue weighted by Gasteiger charge is -2.55. The smallest absolute Gasteiger partial charge is 0.312 e. The van der Waals surface area contributed by atoms with Gasteiger partial charge in [0.25, 0.3) is 20.3 Å². The summed E-state index contributed by atoms with van der Waals surface area (Å²) >= 11 is 6.01. The maximum absolute atomic E-state index is 14.7. The molecule has 3 aromatic carbocycles. The molecule has 4 aliphatic carbocycles. The van der Waals surface area contributed by atoms with Gasteiger partial charge in [0, 0.05) is 14.7 Å². The van der Waals surface area contributed by atoms with Gasteiger partial charge in [0.15, 0.2) is 9.96 Å². The number of alkyl halides is 1. The van der Waals surface area contributed by atoms with E-state index in [0.29, 0.717) is 19.3 Å². The van der Waals surface area contributed by atoms with Crippen molar-refractivity contribution in [3.8, 4) is 0 Å². The van der Waals surface area contributed by atoms with E-state index in [1.807, 2.05) is 0 Å². The van der Waals surface area contributed by atoms with Crippen LogP contribution in [0.4, 0.5) is 19.4 Å². The first-order valence-electron chi connectivity index (χ1n) is 14.9. The molecule has 0 amide bonds. The Bertz CT molecular complexity index is 1560. The van der Waals surface area contributed by atoms with Crippen molar-refractivity contribution in [2.45, 2.75) is 63.2 Å². The predicted molar refractivity (Wildman–Crippen MR) is 170 cm³/mol. The van der Waals surface area contributed by atoms with Crippen LogP contribution in [-0.4, -0.2) is 31.0 Å². The highest BCUT2D eigenvalue weighted by Crippen LogP contribution is 3.01. The van der Waals surface area contributed by atoms with Crippen molar-refractivity contribution < 1.29 is 41.0 Å². The third-order valence-corrected chi connectivity index (χ3v) is 17.5. The minimum Gasteiger partial charge on any atom is -0.464 e. The molecule has 4 bridgehead atoms. The maximum Gasteiger partial charge on any atom is 0.312 e. The second kappa shape index (κ2) is 11.1. The fourth-order valence-electron chi connectivity index (χ4n) is 7.81. The molecule has 2 atom stereocenters. The molecule has 4 aliphatic rings. The van der Waals surface area contributed by atoms with E-state index in [1.54, 1.807) is 91.0 Å². The summed E-state index contributed by atoms with van der Waals surface area (Å²) < 4.78 is 109. The molecule has 0 N–H and O–H groups in total. The molecule has 2 unspecified atom stereocenters. The molecule has 252 valence electrons. The van der Waals surface area contributed by atoms with Crippen molar-refractivity contribution in [2.75, 3.05) is 6.61 Å². The number of hydrogen-bond donors (Lipinski definition) is 0. The van der Waals surface area contributed by atoms with Gasteiger partial charge in [-0.3, -0.25) is 4.79 Å². The van der Waals surface area contributed by atoms with Gasteiger partial charge < -0.3 is 4.74 Å². The summed E-state index contributed by atoms with van der Waals surface area (Å²) in [4.78, 5) is 14.2. The summed E-state index contributed by atoms with van der Waals surface area (Å²) in [5, 5.41) is -4.02. The first kappa shape index (κ1) is 33.6. The number of rotatable bonds is 11.